The Balaban J connectivity index is 1.75. The minimum atomic E-state index is -0.0842. The number of hydrogen-bond donors (Lipinski definition) is 0. The molecule has 0 aliphatic carbocycles. The lowest BCUT2D eigenvalue weighted by atomic mass is 10.2. The van der Waals surface area contributed by atoms with E-state index in [0.29, 0.717) is 23.1 Å². The van der Waals surface area contributed by atoms with Gasteiger partial charge < -0.3 is 14.2 Å². The van der Waals surface area contributed by atoms with E-state index in [9.17, 15) is 4.79 Å². The minimum Gasteiger partial charge on any atom is -0.497 e. The first-order valence-corrected chi connectivity index (χ1v) is 8.50. The molecule has 128 valence electrons. The van der Waals surface area contributed by atoms with Gasteiger partial charge in [0.1, 0.15) is 12.3 Å². The fourth-order valence-corrected chi connectivity index (χ4v) is 2.96. The van der Waals surface area contributed by atoms with Gasteiger partial charge in [0.15, 0.2) is 0 Å². The van der Waals surface area contributed by atoms with E-state index in [-0.39, 0.29) is 12.5 Å². The zero-order chi connectivity index (χ0) is 17.6. The average Bonchev–Trinajstić information content (AvgIpc) is 3.33. The van der Waals surface area contributed by atoms with Crippen LogP contribution in [0.4, 0.5) is 0 Å². The topological polar surface area (TPSA) is 68.5 Å². The lowest BCUT2D eigenvalue weighted by Crippen LogP contribution is -2.30. The van der Waals surface area contributed by atoms with Crippen molar-refractivity contribution in [3.8, 4) is 17.1 Å². The van der Waals surface area contributed by atoms with Crippen LogP contribution in [0, 0.1) is 0 Å². The van der Waals surface area contributed by atoms with Crippen molar-refractivity contribution in [2.45, 2.75) is 6.54 Å². The van der Waals surface area contributed by atoms with Gasteiger partial charge in [-0.05, 0) is 35.7 Å². The first-order valence-electron chi connectivity index (χ1n) is 7.62. The van der Waals surface area contributed by atoms with Gasteiger partial charge in [-0.3, -0.25) is 4.79 Å². The maximum atomic E-state index is 12.5. The monoisotopic (exact) mass is 355 g/mol. The van der Waals surface area contributed by atoms with Crippen LogP contribution in [0.5, 0.6) is 5.75 Å². The van der Waals surface area contributed by atoms with Crippen molar-refractivity contribution in [1.29, 1.82) is 0 Å². The molecule has 25 heavy (non-hydrogen) atoms. The molecule has 0 saturated carbocycles. The zero-order valence-electron chi connectivity index (χ0n) is 13.7. The normalized spacial score (nSPS) is 10.4. The lowest BCUT2D eigenvalue weighted by molar-refractivity contribution is 0.0750. The van der Waals surface area contributed by atoms with E-state index < -0.39 is 0 Å². The number of benzene rings is 1. The summed E-state index contributed by atoms with van der Waals surface area (Å²) in [7, 11) is 1.61. The van der Waals surface area contributed by atoms with E-state index in [2.05, 4.69) is 16.7 Å². The third kappa shape index (κ3) is 3.95. The van der Waals surface area contributed by atoms with Crippen LogP contribution < -0.4 is 4.74 Å². The molecule has 0 saturated heterocycles. The molecule has 0 unspecified atom stereocenters. The van der Waals surface area contributed by atoms with E-state index >= 15 is 0 Å². The molecule has 1 amide bonds. The molecule has 0 N–H and O–H groups in total. The number of hydrogen-bond acceptors (Lipinski definition) is 6. The number of rotatable bonds is 7. The predicted octanol–water partition coefficient (Wildman–Crippen LogP) is 3.64. The molecule has 2 aromatic heterocycles. The maximum Gasteiger partial charge on any atom is 0.264 e. The Labute approximate surface area is 149 Å². The highest BCUT2D eigenvalue weighted by atomic mass is 32.1. The Kier molecular flexibility index (Phi) is 5.25. The van der Waals surface area contributed by atoms with Gasteiger partial charge in [0.05, 0.1) is 12.0 Å². The van der Waals surface area contributed by atoms with Gasteiger partial charge in [-0.2, -0.15) is 4.98 Å². The number of aromatic nitrogens is 2. The molecule has 0 spiro atoms. The molecule has 0 bridgehead atoms. The van der Waals surface area contributed by atoms with Crippen LogP contribution >= 0.6 is 11.3 Å². The van der Waals surface area contributed by atoms with Crippen molar-refractivity contribution < 1.29 is 14.1 Å². The van der Waals surface area contributed by atoms with Crippen molar-refractivity contribution in [3.63, 3.8) is 0 Å². The Morgan fingerprint density at radius 1 is 1.36 bits per heavy atom. The van der Waals surface area contributed by atoms with Crippen molar-refractivity contribution in [3.05, 3.63) is 65.2 Å². The minimum absolute atomic E-state index is 0.0842. The molecular weight excluding hydrogens is 338 g/mol. The highest BCUT2D eigenvalue weighted by Crippen LogP contribution is 2.20. The average molecular weight is 355 g/mol. The zero-order valence-corrected chi connectivity index (χ0v) is 14.5. The van der Waals surface area contributed by atoms with Gasteiger partial charge in [0.25, 0.3) is 5.91 Å². The third-order valence-corrected chi connectivity index (χ3v) is 4.37. The molecule has 0 atom stereocenters. The number of thiophene rings is 1. The fourth-order valence-electron chi connectivity index (χ4n) is 2.27. The summed E-state index contributed by atoms with van der Waals surface area (Å²) in [6.45, 7) is 4.33. The van der Waals surface area contributed by atoms with Crippen molar-refractivity contribution >= 4 is 17.2 Å². The van der Waals surface area contributed by atoms with Gasteiger partial charge in [-0.1, -0.05) is 17.3 Å². The molecule has 1 aromatic carbocycles. The number of carbonyl (C=O) groups excluding carboxylic acids is 1. The quantitative estimate of drug-likeness (QED) is 0.605. The third-order valence-electron chi connectivity index (χ3n) is 3.51. The molecule has 2 heterocycles. The first kappa shape index (κ1) is 16.9. The molecule has 3 rings (SSSR count). The Hall–Kier alpha value is -2.93. The van der Waals surface area contributed by atoms with E-state index in [1.54, 1.807) is 24.2 Å². The van der Waals surface area contributed by atoms with Gasteiger partial charge in [-0.25, -0.2) is 0 Å². The van der Waals surface area contributed by atoms with E-state index in [4.69, 9.17) is 9.26 Å². The summed E-state index contributed by atoms with van der Waals surface area (Å²) in [6, 6.07) is 11.0. The molecule has 6 nitrogen and oxygen atoms in total. The molecule has 0 fully saturated rings. The van der Waals surface area contributed by atoms with Gasteiger partial charge in [-0.15, -0.1) is 17.9 Å². The number of ether oxygens (including phenoxy) is 1. The maximum absolute atomic E-state index is 12.5. The van der Waals surface area contributed by atoms with Crippen molar-refractivity contribution in [1.82, 2.24) is 15.0 Å². The molecule has 0 aliphatic rings. The first-order chi connectivity index (χ1) is 12.2. The second-order valence-electron chi connectivity index (χ2n) is 5.19. The molecule has 0 radical (unpaired) electrons. The predicted molar refractivity (Wildman–Crippen MR) is 95.5 cm³/mol. The number of methoxy groups -OCH3 is 1. The van der Waals surface area contributed by atoms with E-state index in [1.807, 2.05) is 35.7 Å². The van der Waals surface area contributed by atoms with Gasteiger partial charge in [0, 0.05) is 12.1 Å². The summed E-state index contributed by atoms with van der Waals surface area (Å²) in [5.74, 6) is 1.52. The van der Waals surface area contributed by atoms with E-state index in [1.165, 1.54) is 11.3 Å². The van der Waals surface area contributed by atoms with Crippen molar-refractivity contribution in [2.75, 3.05) is 13.7 Å². The number of nitrogens with zero attached hydrogens (tertiary/aromatic N) is 3. The smallest absolute Gasteiger partial charge is 0.264 e. The Bertz CT molecular complexity index is 841. The second kappa shape index (κ2) is 7.76. The summed E-state index contributed by atoms with van der Waals surface area (Å²) in [6.07, 6.45) is 1.67. The molecule has 0 aliphatic heterocycles. The van der Waals surface area contributed by atoms with Crippen LogP contribution in [-0.2, 0) is 6.54 Å². The Morgan fingerprint density at radius 2 is 2.16 bits per heavy atom. The molecule has 7 heteroatoms. The SMILES string of the molecule is C=CCN(Cc1nc(-c2ccc(OC)cc2)no1)C(=O)c1cccs1. The lowest BCUT2D eigenvalue weighted by Gasteiger charge is -2.17. The van der Waals surface area contributed by atoms with Gasteiger partial charge >= 0.3 is 0 Å². The highest BCUT2D eigenvalue weighted by molar-refractivity contribution is 7.12. The van der Waals surface area contributed by atoms with Crippen LogP contribution in [-0.4, -0.2) is 34.6 Å². The molecular formula is C18H17N3O3S. The standard InChI is InChI=1S/C18H17N3O3S/c1-3-10-21(18(22)15-5-4-11-25-15)12-16-19-17(20-24-16)13-6-8-14(23-2)9-7-13/h3-9,11H,1,10,12H2,2H3. The van der Waals surface area contributed by atoms with Crippen LogP contribution in [0.15, 0.2) is 59.0 Å². The summed E-state index contributed by atoms with van der Waals surface area (Å²) in [5.41, 5.74) is 0.815. The fraction of sp³-hybridized carbons (Fsp3) is 0.167. The largest absolute Gasteiger partial charge is 0.497 e. The van der Waals surface area contributed by atoms with Crippen LogP contribution in [0.25, 0.3) is 11.4 Å². The van der Waals surface area contributed by atoms with E-state index in [0.717, 1.165) is 11.3 Å². The van der Waals surface area contributed by atoms with Crippen LogP contribution in [0.2, 0.25) is 0 Å². The summed E-state index contributed by atoms with van der Waals surface area (Å²) in [5, 5.41) is 5.86. The van der Waals surface area contributed by atoms with Crippen LogP contribution in [0.3, 0.4) is 0 Å². The van der Waals surface area contributed by atoms with Gasteiger partial charge in [0.2, 0.25) is 11.7 Å². The van der Waals surface area contributed by atoms with Crippen LogP contribution in [0.1, 0.15) is 15.6 Å². The summed E-state index contributed by atoms with van der Waals surface area (Å²) >= 11 is 1.40. The summed E-state index contributed by atoms with van der Waals surface area (Å²) < 4.78 is 10.4. The van der Waals surface area contributed by atoms with Crippen molar-refractivity contribution in [2.24, 2.45) is 0 Å². The number of carbonyl (C=O) groups is 1. The molecule has 3 aromatic rings. The number of amides is 1. The summed E-state index contributed by atoms with van der Waals surface area (Å²) in [4.78, 5) is 19.2. The Morgan fingerprint density at radius 3 is 2.80 bits per heavy atom. The highest BCUT2D eigenvalue weighted by Gasteiger charge is 2.19. The second-order valence-corrected chi connectivity index (χ2v) is 6.14.